The molecular formula is C20H17N3O2. The molecule has 1 amide bonds. The number of rotatable bonds is 4. The first-order chi connectivity index (χ1) is 12.2. The molecule has 0 radical (unpaired) electrons. The molecule has 0 fully saturated rings. The number of para-hydroxylation sites is 1. The zero-order valence-corrected chi connectivity index (χ0v) is 13.7. The van der Waals surface area contributed by atoms with Gasteiger partial charge in [0.25, 0.3) is 5.91 Å². The van der Waals surface area contributed by atoms with Crippen LogP contribution in [0.25, 0.3) is 22.2 Å². The van der Waals surface area contributed by atoms with Crippen molar-refractivity contribution in [2.45, 2.75) is 13.0 Å². The molecule has 2 N–H and O–H groups in total. The van der Waals surface area contributed by atoms with Crippen LogP contribution in [0.2, 0.25) is 0 Å². The maximum Gasteiger partial charge on any atom is 0.269 e. The molecule has 0 spiro atoms. The third-order valence-corrected chi connectivity index (χ3v) is 4.11. The lowest BCUT2D eigenvalue weighted by Crippen LogP contribution is -2.26. The van der Waals surface area contributed by atoms with Gasteiger partial charge in [0.2, 0.25) is 0 Å². The second kappa shape index (κ2) is 6.28. The number of nitrogens with one attached hydrogen (secondary N) is 2. The molecule has 0 saturated carbocycles. The van der Waals surface area contributed by atoms with Gasteiger partial charge in [0.05, 0.1) is 11.7 Å². The van der Waals surface area contributed by atoms with Crippen LogP contribution in [0.5, 0.6) is 0 Å². The number of carbonyl (C=O) groups is 1. The molecule has 2 aromatic carbocycles. The molecule has 124 valence electrons. The lowest BCUT2D eigenvalue weighted by Gasteiger charge is -2.09. The molecule has 1 atom stereocenters. The standard InChI is InChI=1S/C20H17N3O2/c1-13(19-11-15-9-5-6-10-18(15)25-19)21-20(24)17-12-16(22-23-17)14-7-3-2-4-8-14/h2-13H,1H3,(H,21,24)(H,22,23)/t13-/m1/s1. The first-order valence-electron chi connectivity index (χ1n) is 8.11. The number of carbonyl (C=O) groups excluding carboxylic acids is 1. The van der Waals surface area contributed by atoms with E-state index in [9.17, 15) is 4.79 Å². The Kier molecular flexibility index (Phi) is 3.82. The van der Waals surface area contributed by atoms with E-state index in [1.54, 1.807) is 6.07 Å². The van der Waals surface area contributed by atoms with Crippen LogP contribution in [0.3, 0.4) is 0 Å². The highest BCUT2D eigenvalue weighted by atomic mass is 16.3. The zero-order valence-electron chi connectivity index (χ0n) is 13.7. The minimum Gasteiger partial charge on any atom is -0.459 e. The van der Waals surface area contributed by atoms with E-state index < -0.39 is 0 Å². The summed E-state index contributed by atoms with van der Waals surface area (Å²) in [5.74, 6) is 0.500. The molecule has 4 rings (SSSR count). The Balaban J connectivity index is 1.51. The monoisotopic (exact) mass is 331 g/mol. The molecule has 25 heavy (non-hydrogen) atoms. The van der Waals surface area contributed by atoms with Crippen molar-refractivity contribution in [3.63, 3.8) is 0 Å². The molecular weight excluding hydrogens is 314 g/mol. The Hall–Kier alpha value is -3.34. The Bertz CT molecular complexity index is 985. The van der Waals surface area contributed by atoms with Crippen molar-refractivity contribution in [3.05, 3.63) is 78.2 Å². The SMILES string of the molecule is C[C@@H](NC(=O)c1cc(-c2ccccc2)n[nH]1)c1cc2ccccc2o1. The summed E-state index contributed by atoms with van der Waals surface area (Å²) < 4.78 is 5.80. The zero-order chi connectivity index (χ0) is 17.2. The summed E-state index contributed by atoms with van der Waals surface area (Å²) in [6.07, 6.45) is 0. The van der Waals surface area contributed by atoms with Gasteiger partial charge in [-0.3, -0.25) is 9.89 Å². The molecule has 5 heteroatoms. The first-order valence-corrected chi connectivity index (χ1v) is 8.11. The largest absolute Gasteiger partial charge is 0.459 e. The van der Waals surface area contributed by atoms with Crippen molar-refractivity contribution in [1.29, 1.82) is 0 Å². The number of fused-ring (bicyclic) bond motifs is 1. The van der Waals surface area contributed by atoms with Crippen LogP contribution in [-0.4, -0.2) is 16.1 Å². The van der Waals surface area contributed by atoms with Gasteiger partial charge in [0, 0.05) is 10.9 Å². The van der Waals surface area contributed by atoms with Crippen molar-refractivity contribution >= 4 is 16.9 Å². The molecule has 2 heterocycles. The third-order valence-electron chi connectivity index (χ3n) is 4.11. The van der Waals surface area contributed by atoms with Gasteiger partial charge in [-0.05, 0) is 25.1 Å². The van der Waals surface area contributed by atoms with Gasteiger partial charge < -0.3 is 9.73 Å². The summed E-state index contributed by atoms with van der Waals surface area (Å²) in [7, 11) is 0. The second-order valence-corrected chi connectivity index (χ2v) is 5.91. The van der Waals surface area contributed by atoms with Crippen LogP contribution in [-0.2, 0) is 0 Å². The highest BCUT2D eigenvalue weighted by molar-refractivity contribution is 5.93. The average Bonchev–Trinajstić information content (AvgIpc) is 3.29. The Morgan fingerprint density at radius 2 is 1.84 bits per heavy atom. The molecule has 2 aromatic heterocycles. The van der Waals surface area contributed by atoms with Crippen molar-refractivity contribution in [2.75, 3.05) is 0 Å². The number of furan rings is 1. The summed E-state index contributed by atoms with van der Waals surface area (Å²) >= 11 is 0. The lowest BCUT2D eigenvalue weighted by atomic mass is 10.1. The minimum absolute atomic E-state index is 0.220. The summed E-state index contributed by atoms with van der Waals surface area (Å²) in [6.45, 7) is 1.89. The van der Waals surface area contributed by atoms with Gasteiger partial charge in [-0.25, -0.2) is 0 Å². The minimum atomic E-state index is -0.247. The summed E-state index contributed by atoms with van der Waals surface area (Å²) in [5, 5.41) is 11.0. The van der Waals surface area contributed by atoms with Crippen molar-refractivity contribution in [1.82, 2.24) is 15.5 Å². The summed E-state index contributed by atoms with van der Waals surface area (Å²) in [4.78, 5) is 12.5. The quantitative estimate of drug-likeness (QED) is 0.585. The Morgan fingerprint density at radius 3 is 2.64 bits per heavy atom. The molecule has 0 saturated heterocycles. The van der Waals surface area contributed by atoms with Crippen LogP contribution in [0.1, 0.15) is 29.2 Å². The van der Waals surface area contributed by atoms with E-state index in [2.05, 4.69) is 15.5 Å². The fourth-order valence-corrected chi connectivity index (χ4v) is 2.76. The predicted octanol–water partition coefficient (Wildman–Crippen LogP) is 4.31. The number of aromatic amines is 1. The number of nitrogens with zero attached hydrogens (tertiary/aromatic N) is 1. The van der Waals surface area contributed by atoms with Gasteiger partial charge in [-0.1, -0.05) is 48.5 Å². The topological polar surface area (TPSA) is 70.9 Å². The van der Waals surface area contributed by atoms with Crippen LogP contribution in [0.15, 0.2) is 71.1 Å². The van der Waals surface area contributed by atoms with Gasteiger partial charge in [0.1, 0.15) is 17.0 Å². The fraction of sp³-hybridized carbons (Fsp3) is 0.100. The van der Waals surface area contributed by atoms with Gasteiger partial charge in [-0.15, -0.1) is 0 Å². The van der Waals surface area contributed by atoms with E-state index >= 15 is 0 Å². The smallest absolute Gasteiger partial charge is 0.269 e. The average molecular weight is 331 g/mol. The van der Waals surface area contributed by atoms with Crippen LogP contribution >= 0.6 is 0 Å². The number of benzene rings is 2. The molecule has 0 aliphatic carbocycles. The maximum absolute atomic E-state index is 12.5. The van der Waals surface area contributed by atoms with E-state index in [0.29, 0.717) is 5.69 Å². The van der Waals surface area contributed by atoms with E-state index in [1.807, 2.05) is 67.6 Å². The van der Waals surface area contributed by atoms with E-state index in [4.69, 9.17) is 4.42 Å². The second-order valence-electron chi connectivity index (χ2n) is 5.91. The van der Waals surface area contributed by atoms with Gasteiger partial charge >= 0.3 is 0 Å². The van der Waals surface area contributed by atoms with Gasteiger partial charge in [-0.2, -0.15) is 5.10 Å². The molecule has 0 aliphatic rings. The van der Waals surface area contributed by atoms with Crippen LogP contribution < -0.4 is 5.32 Å². The summed E-state index contributed by atoms with van der Waals surface area (Å²) in [6, 6.07) is 21.0. The van der Waals surface area contributed by atoms with Crippen molar-refractivity contribution in [3.8, 4) is 11.3 Å². The van der Waals surface area contributed by atoms with Crippen molar-refractivity contribution < 1.29 is 9.21 Å². The Labute approximate surface area is 144 Å². The Morgan fingerprint density at radius 1 is 1.08 bits per heavy atom. The third kappa shape index (κ3) is 3.04. The highest BCUT2D eigenvalue weighted by Gasteiger charge is 2.17. The number of H-pyrrole nitrogens is 1. The predicted molar refractivity (Wildman–Crippen MR) is 96.1 cm³/mol. The number of aromatic nitrogens is 2. The van der Waals surface area contributed by atoms with Crippen LogP contribution in [0, 0.1) is 0 Å². The molecule has 0 aliphatic heterocycles. The van der Waals surface area contributed by atoms with Crippen LogP contribution in [0.4, 0.5) is 0 Å². The van der Waals surface area contributed by atoms with E-state index in [0.717, 1.165) is 28.0 Å². The van der Waals surface area contributed by atoms with E-state index in [-0.39, 0.29) is 11.9 Å². The molecule has 0 bridgehead atoms. The highest BCUT2D eigenvalue weighted by Crippen LogP contribution is 2.24. The molecule has 5 nitrogen and oxygen atoms in total. The normalized spacial score (nSPS) is 12.2. The first kappa shape index (κ1) is 15.2. The summed E-state index contributed by atoms with van der Waals surface area (Å²) in [5.41, 5.74) is 2.93. The lowest BCUT2D eigenvalue weighted by molar-refractivity contribution is 0.0930. The molecule has 0 unspecified atom stereocenters. The number of hydrogen-bond acceptors (Lipinski definition) is 3. The van der Waals surface area contributed by atoms with E-state index in [1.165, 1.54) is 0 Å². The van der Waals surface area contributed by atoms with Gasteiger partial charge in [0.15, 0.2) is 0 Å². The maximum atomic E-state index is 12.5. The number of amides is 1. The fourth-order valence-electron chi connectivity index (χ4n) is 2.76. The molecule has 4 aromatic rings. The number of hydrogen-bond donors (Lipinski definition) is 2. The van der Waals surface area contributed by atoms with Crippen molar-refractivity contribution in [2.24, 2.45) is 0 Å².